The van der Waals surface area contributed by atoms with Gasteiger partial charge in [0.1, 0.15) is 18.1 Å². The number of β-lactam (4-membered cyclic amide) rings is 1. The Hall–Kier alpha value is -2.69. The summed E-state index contributed by atoms with van der Waals surface area (Å²) in [7, 11) is 2.00. The van der Waals surface area contributed by atoms with Crippen LogP contribution in [0.3, 0.4) is 0 Å². The fraction of sp³-hybridized carbons (Fsp3) is 0.417. The summed E-state index contributed by atoms with van der Waals surface area (Å²) in [6.45, 7) is 4.43. The zero-order valence-electron chi connectivity index (χ0n) is 19.2. The SMILES string of the molecule is C[C@@H](O)[C@H]1C(=O)N2C(C(=O)O)=C(CSc3nc4cc(CCn5cc[n+](C)c5)ccc4s3)[C@H](C)[C@H]12. The predicted molar refractivity (Wildman–Crippen MR) is 129 cm³/mol. The van der Waals surface area contributed by atoms with E-state index < -0.39 is 18.0 Å². The zero-order chi connectivity index (χ0) is 24.1. The van der Waals surface area contributed by atoms with Crippen LogP contribution in [0.15, 0.2) is 52.5 Å². The van der Waals surface area contributed by atoms with Crippen molar-refractivity contribution in [2.24, 2.45) is 18.9 Å². The van der Waals surface area contributed by atoms with Gasteiger partial charge in [0.05, 0.1) is 41.9 Å². The van der Waals surface area contributed by atoms with Gasteiger partial charge in [-0.25, -0.2) is 18.9 Å². The summed E-state index contributed by atoms with van der Waals surface area (Å²) in [5.74, 6) is -1.60. The fourth-order valence-corrected chi connectivity index (χ4v) is 7.24. The summed E-state index contributed by atoms with van der Waals surface area (Å²) in [5.41, 5.74) is 2.98. The highest BCUT2D eigenvalue weighted by Gasteiger charge is 2.59. The normalized spacial score (nSPS) is 22.9. The maximum Gasteiger partial charge on any atom is 0.352 e. The lowest BCUT2D eigenvalue weighted by atomic mass is 9.78. The van der Waals surface area contributed by atoms with Crippen molar-refractivity contribution in [3.63, 3.8) is 0 Å². The van der Waals surface area contributed by atoms with E-state index in [2.05, 4.69) is 35.3 Å². The first-order valence-electron chi connectivity index (χ1n) is 11.3. The smallest absolute Gasteiger partial charge is 0.352 e. The standard InChI is InChI=1S/C24H26N4O4S2/c1-13-16(21(23(31)32)28-20(13)19(14(2)29)22(28)30)11-33-24-25-17-10-15(4-5-18(17)34-24)6-7-27-9-8-26(3)12-27/h4-5,8-10,12-14,19-20,29H,6-7,11H2,1-3H3/p+1/t13-,14+,19+,20+/m0/s1. The first kappa shape index (κ1) is 23.1. The molecule has 34 heavy (non-hydrogen) atoms. The Kier molecular flexibility index (Phi) is 5.99. The highest BCUT2D eigenvalue weighted by molar-refractivity contribution is 8.01. The Balaban J connectivity index is 1.30. The molecule has 2 aromatic heterocycles. The summed E-state index contributed by atoms with van der Waals surface area (Å²) >= 11 is 3.10. The second kappa shape index (κ2) is 8.83. The van der Waals surface area contributed by atoms with Gasteiger partial charge in [0.25, 0.3) is 0 Å². The molecule has 0 unspecified atom stereocenters. The van der Waals surface area contributed by atoms with Crippen molar-refractivity contribution >= 4 is 45.2 Å². The van der Waals surface area contributed by atoms with Gasteiger partial charge in [0.15, 0.2) is 4.34 Å². The number of hydrogen-bond acceptors (Lipinski definition) is 6. The van der Waals surface area contributed by atoms with Gasteiger partial charge in [0, 0.05) is 18.1 Å². The number of aliphatic carboxylic acids is 1. The van der Waals surface area contributed by atoms with Crippen molar-refractivity contribution in [1.82, 2.24) is 14.5 Å². The highest BCUT2D eigenvalue weighted by atomic mass is 32.2. The van der Waals surface area contributed by atoms with Crippen molar-refractivity contribution in [3.05, 3.63) is 53.8 Å². The zero-order valence-corrected chi connectivity index (χ0v) is 20.8. The van der Waals surface area contributed by atoms with Crippen LogP contribution in [-0.4, -0.2) is 54.4 Å². The van der Waals surface area contributed by atoms with E-state index in [1.807, 2.05) is 24.7 Å². The number of imidazole rings is 1. The van der Waals surface area contributed by atoms with Crippen LogP contribution >= 0.6 is 23.1 Å². The molecule has 3 aromatic rings. The lowest BCUT2D eigenvalue weighted by molar-refractivity contribution is -0.671. The van der Waals surface area contributed by atoms with Gasteiger partial charge in [-0.2, -0.15) is 0 Å². The van der Waals surface area contributed by atoms with Gasteiger partial charge >= 0.3 is 5.97 Å². The lowest BCUT2D eigenvalue weighted by Gasteiger charge is -2.46. The molecular weight excluding hydrogens is 472 g/mol. The Morgan fingerprint density at radius 2 is 2.18 bits per heavy atom. The quantitative estimate of drug-likeness (QED) is 0.281. The van der Waals surface area contributed by atoms with Crippen molar-refractivity contribution in [3.8, 4) is 0 Å². The van der Waals surface area contributed by atoms with Crippen LogP contribution in [0.2, 0.25) is 0 Å². The molecule has 1 fully saturated rings. The number of aromatic nitrogens is 3. The first-order chi connectivity index (χ1) is 16.2. The third-order valence-electron chi connectivity index (χ3n) is 6.78. The third-order valence-corrected chi connectivity index (χ3v) is 9.01. The monoisotopic (exact) mass is 499 g/mol. The van der Waals surface area contributed by atoms with E-state index in [1.54, 1.807) is 18.3 Å². The van der Waals surface area contributed by atoms with Gasteiger partial charge < -0.3 is 15.1 Å². The molecule has 1 amide bonds. The summed E-state index contributed by atoms with van der Waals surface area (Å²) in [5, 5.41) is 19.8. The summed E-state index contributed by atoms with van der Waals surface area (Å²) in [6, 6.07) is 6.07. The van der Waals surface area contributed by atoms with E-state index in [-0.39, 0.29) is 23.6 Å². The number of hydrogen-bond donors (Lipinski definition) is 2. The number of benzene rings is 1. The van der Waals surface area contributed by atoms with Gasteiger partial charge in [-0.05, 0) is 30.2 Å². The van der Waals surface area contributed by atoms with E-state index in [4.69, 9.17) is 4.98 Å². The minimum atomic E-state index is -1.09. The third kappa shape index (κ3) is 3.93. The van der Waals surface area contributed by atoms with Crippen LogP contribution in [0.25, 0.3) is 10.2 Å². The Morgan fingerprint density at radius 1 is 1.38 bits per heavy atom. The van der Waals surface area contributed by atoms with E-state index >= 15 is 0 Å². The number of carbonyl (C=O) groups is 2. The molecule has 2 aliphatic heterocycles. The fourth-order valence-electron chi connectivity index (χ4n) is 5.04. The van der Waals surface area contributed by atoms with Gasteiger partial charge in [0.2, 0.25) is 12.2 Å². The molecule has 0 saturated carbocycles. The van der Waals surface area contributed by atoms with Crippen LogP contribution < -0.4 is 4.57 Å². The number of nitrogens with zero attached hydrogens (tertiary/aromatic N) is 4. The summed E-state index contributed by atoms with van der Waals surface area (Å²) in [6.07, 6.45) is 6.25. The number of aliphatic hydroxyl groups excluding tert-OH is 1. The highest BCUT2D eigenvalue weighted by Crippen LogP contribution is 2.48. The molecule has 0 spiro atoms. The molecule has 178 valence electrons. The number of carboxylic acids is 1. The van der Waals surface area contributed by atoms with Gasteiger partial charge in [-0.3, -0.25) is 4.79 Å². The number of carbonyl (C=O) groups excluding carboxylic acids is 1. The molecule has 2 N–H and O–H groups in total. The maximum absolute atomic E-state index is 12.5. The van der Waals surface area contributed by atoms with Crippen molar-refractivity contribution in [1.29, 1.82) is 0 Å². The number of carboxylic acid groups (broad SMARTS) is 1. The number of thioether (sulfide) groups is 1. The molecule has 2 aliphatic rings. The number of aryl methyl sites for hydroxylation is 3. The van der Waals surface area contributed by atoms with E-state index in [0.717, 1.165) is 33.1 Å². The molecule has 0 bridgehead atoms. The van der Waals surface area contributed by atoms with Crippen molar-refractivity contribution in [2.75, 3.05) is 5.75 Å². The molecule has 1 aromatic carbocycles. The second-order valence-corrected chi connectivity index (χ2v) is 11.3. The van der Waals surface area contributed by atoms with Crippen molar-refractivity contribution < 1.29 is 24.4 Å². The maximum atomic E-state index is 12.5. The molecule has 4 heterocycles. The largest absolute Gasteiger partial charge is 0.477 e. The molecule has 1 saturated heterocycles. The second-order valence-electron chi connectivity index (χ2n) is 9.07. The van der Waals surface area contributed by atoms with E-state index in [0.29, 0.717) is 5.75 Å². The predicted octanol–water partition coefficient (Wildman–Crippen LogP) is 2.45. The van der Waals surface area contributed by atoms with E-state index in [9.17, 15) is 19.8 Å². The van der Waals surface area contributed by atoms with Crippen LogP contribution in [-0.2, 0) is 29.6 Å². The Labute approximate surface area is 205 Å². The van der Waals surface area contributed by atoms with E-state index in [1.165, 1.54) is 22.2 Å². The molecule has 8 nitrogen and oxygen atoms in total. The van der Waals surface area contributed by atoms with Crippen LogP contribution in [0.1, 0.15) is 19.4 Å². The topological polar surface area (TPSA) is 99.5 Å². The number of fused-ring (bicyclic) bond motifs is 2. The number of aliphatic hydroxyl groups is 1. The number of rotatable bonds is 8. The van der Waals surface area contributed by atoms with Crippen LogP contribution in [0, 0.1) is 11.8 Å². The van der Waals surface area contributed by atoms with Gasteiger partial charge in [-0.1, -0.05) is 24.8 Å². The summed E-state index contributed by atoms with van der Waals surface area (Å²) in [4.78, 5) is 30.6. The number of amides is 1. The van der Waals surface area contributed by atoms with Crippen LogP contribution in [0.5, 0.6) is 0 Å². The number of thiazole rings is 1. The molecule has 0 aliphatic carbocycles. The molecule has 4 atom stereocenters. The lowest BCUT2D eigenvalue weighted by Crippen LogP contribution is -2.63. The first-order valence-corrected chi connectivity index (χ1v) is 13.1. The minimum absolute atomic E-state index is 0.0775. The average Bonchev–Trinajstić information content (AvgIpc) is 3.44. The summed E-state index contributed by atoms with van der Waals surface area (Å²) < 4.78 is 6.14. The molecule has 10 heteroatoms. The van der Waals surface area contributed by atoms with Crippen LogP contribution in [0.4, 0.5) is 0 Å². The molecule has 0 radical (unpaired) electrons. The molecule has 5 rings (SSSR count). The Bertz CT molecular complexity index is 1310. The van der Waals surface area contributed by atoms with Gasteiger partial charge in [-0.15, -0.1) is 11.3 Å². The Morgan fingerprint density at radius 3 is 2.85 bits per heavy atom. The minimum Gasteiger partial charge on any atom is -0.477 e. The molecular formula is C24H27N4O4S2+. The average molecular weight is 500 g/mol. The van der Waals surface area contributed by atoms with Crippen molar-refractivity contribution in [2.45, 2.75) is 43.3 Å².